The van der Waals surface area contributed by atoms with Gasteiger partial charge in [-0.2, -0.15) is 13.2 Å². The van der Waals surface area contributed by atoms with E-state index >= 15 is 0 Å². The number of rotatable bonds is 5. The summed E-state index contributed by atoms with van der Waals surface area (Å²) in [5.41, 5.74) is 1.22. The molecule has 0 aromatic heterocycles. The van der Waals surface area contributed by atoms with Crippen LogP contribution in [0.25, 0.3) is 0 Å². The molecule has 188 valence electrons. The van der Waals surface area contributed by atoms with Gasteiger partial charge in [0.2, 0.25) is 0 Å². The largest absolute Gasteiger partial charge is 0.418 e. The maximum absolute atomic E-state index is 13.5. The molecule has 1 aliphatic rings. The fourth-order valence-corrected chi connectivity index (χ4v) is 3.04. The third-order valence-corrected chi connectivity index (χ3v) is 4.81. The molecule has 3 rings (SSSR count). The lowest BCUT2D eigenvalue weighted by atomic mass is 10.0. The van der Waals surface area contributed by atoms with E-state index in [1.165, 1.54) is 19.1 Å². The van der Waals surface area contributed by atoms with Crippen LogP contribution < -0.4 is 10.6 Å². The van der Waals surface area contributed by atoms with Crippen molar-refractivity contribution in [2.75, 3.05) is 17.2 Å². The summed E-state index contributed by atoms with van der Waals surface area (Å²) in [5, 5.41) is 4.97. The summed E-state index contributed by atoms with van der Waals surface area (Å²) >= 11 is 0. The van der Waals surface area contributed by atoms with Gasteiger partial charge in [-0.15, -0.1) is 0 Å². The van der Waals surface area contributed by atoms with E-state index in [2.05, 4.69) is 27.5 Å². The first-order chi connectivity index (χ1) is 17.1. The van der Waals surface area contributed by atoms with Gasteiger partial charge in [0.25, 0.3) is 5.91 Å². The van der Waals surface area contributed by atoms with E-state index in [0.29, 0.717) is 5.56 Å². The average molecular weight is 496 g/mol. The lowest BCUT2D eigenvalue weighted by molar-refractivity contribution is -0.137. The summed E-state index contributed by atoms with van der Waals surface area (Å²) in [6.07, 6.45) is 3.26. The van der Waals surface area contributed by atoms with E-state index in [0.717, 1.165) is 23.6 Å². The van der Waals surface area contributed by atoms with Gasteiger partial charge in [0.05, 0.1) is 12.1 Å². The molecule has 2 aromatic rings. The SMILES string of the molecule is CC.CC(=O)CNc1ccc(NC(=O)c2ccc(C)c(C#CC3=CN=CCC=C3)c2)cc1C(F)(F)F. The number of allylic oxidation sites excluding steroid dienone is 3. The number of carbonyl (C=O) groups excluding carboxylic acids is 2. The quantitative estimate of drug-likeness (QED) is 0.462. The minimum absolute atomic E-state index is 0.0227. The van der Waals surface area contributed by atoms with Gasteiger partial charge in [0, 0.05) is 46.9 Å². The number of nitrogens with one attached hydrogen (secondary N) is 2. The normalized spacial score (nSPS) is 12.2. The molecule has 36 heavy (non-hydrogen) atoms. The van der Waals surface area contributed by atoms with Crippen LogP contribution in [-0.2, 0) is 11.0 Å². The second-order valence-electron chi connectivity index (χ2n) is 7.60. The van der Waals surface area contributed by atoms with E-state index in [1.807, 2.05) is 32.9 Å². The van der Waals surface area contributed by atoms with Crippen LogP contribution in [0, 0.1) is 18.8 Å². The van der Waals surface area contributed by atoms with Crippen LogP contribution in [0.15, 0.2) is 65.3 Å². The predicted octanol–water partition coefficient (Wildman–Crippen LogP) is 6.56. The van der Waals surface area contributed by atoms with Gasteiger partial charge in [0.15, 0.2) is 0 Å². The maximum Gasteiger partial charge on any atom is 0.418 e. The molecule has 0 aliphatic carbocycles. The molecule has 8 heteroatoms. The molecule has 5 nitrogen and oxygen atoms in total. The molecule has 0 radical (unpaired) electrons. The number of ketones is 1. The second kappa shape index (κ2) is 13.1. The predicted molar refractivity (Wildman–Crippen MR) is 138 cm³/mol. The summed E-state index contributed by atoms with van der Waals surface area (Å²) < 4.78 is 40.5. The van der Waals surface area contributed by atoms with Crippen molar-refractivity contribution in [3.8, 4) is 11.8 Å². The van der Waals surface area contributed by atoms with Crippen LogP contribution in [0.4, 0.5) is 24.5 Å². The van der Waals surface area contributed by atoms with Crippen molar-refractivity contribution in [2.45, 2.75) is 40.3 Å². The Balaban J connectivity index is 0.00000222. The van der Waals surface area contributed by atoms with Gasteiger partial charge in [-0.05, 0) is 55.8 Å². The smallest absolute Gasteiger partial charge is 0.377 e. The highest BCUT2D eigenvalue weighted by Crippen LogP contribution is 2.36. The zero-order valence-corrected chi connectivity index (χ0v) is 20.6. The minimum Gasteiger partial charge on any atom is -0.377 e. The Morgan fingerprint density at radius 3 is 2.53 bits per heavy atom. The molecule has 0 atom stereocenters. The standard InChI is InChI=1S/C26H22F3N3O2.C2H6/c1-17-6-8-21(13-20(17)9-7-19-5-3-4-12-30-16-19)25(34)32-22-10-11-24(31-15-18(2)33)23(14-22)26(27,28)29;1-2/h3,5-6,8,10-14,16,31H,4,15H2,1-2H3,(H,32,34);1-2H3. The van der Waals surface area contributed by atoms with E-state index in [4.69, 9.17) is 0 Å². The average Bonchev–Trinajstić information content (AvgIpc) is 3.12. The number of alkyl halides is 3. The lowest BCUT2D eigenvalue weighted by Crippen LogP contribution is -2.17. The Labute approximate surface area is 209 Å². The molecular weight excluding hydrogens is 467 g/mol. The maximum atomic E-state index is 13.5. The van der Waals surface area contributed by atoms with Crippen molar-refractivity contribution in [3.05, 3.63) is 82.6 Å². The summed E-state index contributed by atoms with van der Waals surface area (Å²) in [7, 11) is 0. The van der Waals surface area contributed by atoms with Crippen LogP contribution in [-0.4, -0.2) is 24.4 Å². The number of benzene rings is 2. The highest BCUT2D eigenvalue weighted by Gasteiger charge is 2.34. The number of halogens is 3. The van der Waals surface area contributed by atoms with Crippen molar-refractivity contribution in [1.82, 2.24) is 0 Å². The fourth-order valence-electron chi connectivity index (χ4n) is 3.04. The fraction of sp³-hybridized carbons (Fsp3) is 0.250. The van der Waals surface area contributed by atoms with Crippen LogP contribution >= 0.6 is 0 Å². The molecule has 0 saturated heterocycles. The van der Waals surface area contributed by atoms with Crippen LogP contribution in [0.1, 0.15) is 54.2 Å². The number of hydrogen-bond acceptors (Lipinski definition) is 4. The lowest BCUT2D eigenvalue weighted by Gasteiger charge is -2.16. The Hall–Kier alpha value is -4.12. The number of aliphatic imine (C=N–C) groups is 1. The topological polar surface area (TPSA) is 70.6 Å². The first-order valence-electron chi connectivity index (χ1n) is 11.4. The number of amides is 1. The van der Waals surface area contributed by atoms with Crippen molar-refractivity contribution < 1.29 is 22.8 Å². The molecule has 2 N–H and O–H groups in total. The van der Waals surface area contributed by atoms with Gasteiger partial charge in [-0.25, -0.2) is 0 Å². The third-order valence-electron chi connectivity index (χ3n) is 4.81. The van der Waals surface area contributed by atoms with Crippen molar-refractivity contribution in [2.24, 2.45) is 4.99 Å². The second-order valence-corrected chi connectivity index (χ2v) is 7.60. The molecule has 1 aliphatic heterocycles. The van der Waals surface area contributed by atoms with E-state index in [1.54, 1.807) is 30.6 Å². The van der Waals surface area contributed by atoms with E-state index in [9.17, 15) is 22.8 Å². The minimum atomic E-state index is -4.67. The van der Waals surface area contributed by atoms with Gasteiger partial charge in [-0.3, -0.25) is 14.6 Å². The Bertz CT molecular complexity index is 1260. The summed E-state index contributed by atoms with van der Waals surface area (Å²) in [5.74, 6) is 5.16. The summed E-state index contributed by atoms with van der Waals surface area (Å²) in [4.78, 5) is 28.0. The third kappa shape index (κ3) is 8.27. The number of carbonyl (C=O) groups is 2. The zero-order chi connectivity index (χ0) is 26.7. The monoisotopic (exact) mass is 495 g/mol. The van der Waals surface area contributed by atoms with Crippen LogP contribution in [0.3, 0.4) is 0 Å². The van der Waals surface area contributed by atoms with Gasteiger partial charge in [-0.1, -0.05) is 37.8 Å². The molecule has 0 spiro atoms. The number of nitrogens with zero attached hydrogens (tertiary/aromatic N) is 1. The summed E-state index contributed by atoms with van der Waals surface area (Å²) in [6, 6.07) is 8.26. The Morgan fingerprint density at radius 1 is 1.08 bits per heavy atom. The molecular formula is C28H28F3N3O2. The number of aryl methyl sites for hydroxylation is 1. The summed E-state index contributed by atoms with van der Waals surface area (Å²) in [6.45, 7) is 6.89. The van der Waals surface area contributed by atoms with E-state index < -0.39 is 17.6 Å². The van der Waals surface area contributed by atoms with Crippen molar-refractivity contribution >= 4 is 29.3 Å². The van der Waals surface area contributed by atoms with Crippen LogP contribution in [0.5, 0.6) is 0 Å². The number of Topliss-reactive ketones (excluding diaryl/α,β-unsaturated/α-hetero) is 1. The number of anilines is 2. The molecule has 0 fully saturated rings. The molecule has 0 bridgehead atoms. The highest BCUT2D eigenvalue weighted by molar-refractivity contribution is 6.04. The highest BCUT2D eigenvalue weighted by atomic mass is 19.4. The van der Waals surface area contributed by atoms with Crippen molar-refractivity contribution in [3.63, 3.8) is 0 Å². The van der Waals surface area contributed by atoms with Gasteiger partial charge >= 0.3 is 6.18 Å². The molecule has 2 aromatic carbocycles. The van der Waals surface area contributed by atoms with Gasteiger partial charge in [0.1, 0.15) is 5.78 Å². The molecule has 1 amide bonds. The van der Waals surface area contributed by atoms with Gasteiger partial charge < -0.3 is 10.6 Å². The Kier molecular flexibility index (Phi) is 10.2. The molecule has 0 unspecified atom stereocenters. The first kappa shape index (κ1) is 28.1. The molecule has 0 saturated carbocycles. The zero-order valence-electron chi connectivity index (χ0n) is 20.6. The van der Waals surface area contributed by atoms with E-state index in [-0.39, 0.29) is 29.3 Å². The molecule has 1 heterocycles. The number of hydrogen-bond donors (Lipinski definition) is 2. The Morgan fingerprint density at radius 2 is 1.83 bits per heavy atom. The first-order valence-corrected chi connectivity index (χ1v) is 11.4. The van der Waals surface area contributed by atoms with Crippen LogP contribution in [0.2, 0.25) is 0 Å². The van der Waals surface area contributed by atoms with Crippen molar-refractivity contribution in [1.29, 1.82) is 0 Å².